The van der Waals surface area contributed by atoms with Crippen LogP contribution in [0.15, 0.2) is 24.3 Å². The van der Waals surface area contributed by atoms with Crippen molar-refractivity contribution in [2.45, 2.75) is 24.0 Å². The van der Waals surface area contributed by atoms with Gasteiger partial charge in [0.2, 0.25) is 5.75 Å². The van der Waals surface area contributed by atoms with E-state index in [1.165, 1.54) is 20.3 Å². The van der Waals surface area contributed by atoms with Gasteiger partial charge in [0.05, 0.1) is 20.8 Å². The maximum absolute atomic E-state index is 11.8. The monoisotopic (exact) mass is 306 g/mol. The molecule has 1 aromatic carbocycles. The first kappa shape index (κ1) is 14.9. The maximum atomic E-state index is 11.8. The summed E-state index contributed by atoms with van der Waals surface area (Å²) < 4.78 is 16.1. The van der Waals surface area contributed by atoms with E-state index >= 15 is 0 Å². The van der Waals surface area contributed by atoms with Crippen molar-refractivity contribution in [3.05, 3.63) is 29.8 Å². The van der Waals surface area contributed by atoms with Crippen LogP contribution in [-0.4, -0.2) is 48.5 Å². The Balaban J connectivity index is 2.08. The van der Waals surface area contributed by atoms with Gasteiger partial charge in [-0.05, 0) is 36.3 Å². The fourth-order valence-electron chi connectivity index (χ4n) is 3.20. The van der Waals surface area contributed by atoms with Crippen molar-refractivity contribution in [1.29, 1.82) is 0 Å². The molecule has 0 aliphatic carbocycles. The molecule has 1 aromatic rings. The summed E-state index contributed by atoms with van der Waals surface area (Å²) in [5, 5.41) is 19.8. The van der Waals surface area contributed by atoms with Crippen LogP contribution in [0.4, 0.5) is 0 Å². The molecule has 1 unspecified atom stereocenters. The summed E-state index contributed by atoms with van der Waals surface area (Å²) in [5.41, 5.74) is -0.145. The van der Waals surface area contributed by atoms with Gasteiger partial charge in [-0.15, -0.1) is 0 Å². The second-order valence-corrected chi connectivity index (χ2v) is 5.52. The quantitative estimate of drug-likeness (QED) is 0.868. The van der Waals surface area contributed by atoms with Crippen LogP contribution in [0.25, 0.3) is 0 Å². The van der Waals surface area contributed by atoms with Crippen LogP contribution in [0.2, 0.25) is 0 Å². The Labute approximate surface area is 127 Å². The van der Waals surface area contributed by atoms with E-state index in [4.69, 9.17) is 14.2 Å². The molecule has 0 amide bonds. The first-order valence-electron chi connectivity index (χ1n) is 7.01. The molecule has 0 aromatic heterocycles. The van der Waals surface area contributed by atoms with Crippen LogP contribution >= 0.6 is 0 Å². The average molecular weight is 306 g/mol. The molecule has 6 heteroatoms. The molecule has 3 atom stereocenters. The largest absolute Gasteiger partial charge is 0.502 e. The van der Waals surface area contributed by atoms with Gasteiger partial charge in [0.1, 0.15) is 11.7 Å². The molecular formula is C16H18O6. The van der Waals surface area contributed by atoms with Gasteiger partial charge in [0.15, 0.2) is 17.3 Å². The van der Waals surface area contributed by atoms with Crippen molar-refractivity contribution in [3.8, 4) is 17.2 Å². The summed E-state index contributed by atoms with van der Waals surface area (Å²) in [6, 6.07) is 3.37. The Kier molecular flexibility index (Phi) is 3.58. The highest BCUT2D eigenvalue weighted by Gasteiger charge is 2.51. The number of carbonyl (C=O) groups excluding carboxylic acids is 1. The molecule has 3 rings (SSSR count). The van der Waals surface area contributed by atoms with Crippen LogP contribution in [0.3, 0.4) is 0 Å². The van der Waals surface area contributed by atoms with Crippen molar-refractivity contribution >= 4 is 5.78 Å². The minimum absolute atomic E-state index is 0.0831. The van der Waals surface area contributed by atoms with Crippen LogP contribution in [0.1, 0.15) is 17.9 Å². The molecule has 2 N–H and O–H groups in total. The molecule has 0 radical (unpaired) electrons. The summed E-state index contributed by atoms with van der Waals surface area (Å²) in [6.45, 7) is -0.233. The van der Waals surface area contributed by atoms with Crippen molar-refractivity contribution in [2.24, 2.45) is 0 Å². The van der Waals surface area contributed by atoms with Gasteiger partial charge in [0.25, 0.3) is 0 Å². The lowest BCUT2D eigenvalue weighted by Crippen LogP contribution is -2.39. The summed E-state index contributed by atoms with van der Waals surface area (Å²) in [5.74, 6) is 0.150. The highest BCUT2D eigenvalue weighted by atomic mass is 16.5. The fraction of sp³-hybridized carbons (Fsp3) is 0.438. The van der Waals surface area contributed by atoms with Crippen molar-refractivity contribution in [1.82, 2.24) is 0 Å². The minimum atomic E-state index is -0.925. The van der Waals surface area contributed by atoms with E-state index in [9.17, 15) is 15.0 Å². The molecule has 118 valence electrons. The average Bonchev–Trinajstić information content (AvgIpc) is 2.87. The minimum Gasteiger partial charge on any atom is -0.502 e. The number of ketones is 1. The Hall–Kier alpha value is -2.05. The standard InChI is InChI=1S/C16H18O6/c1-20-13-5-9(6-14(21-2)15(13)19)10-7-12-11(18)3-4-16(10,8-17)22-12/h3-6,10,12,17,19H,7-8H2,1-2H3/t10-,12?,16+/m1/s1. The van der Waals surface area contributed by atoms with Gasteiger partial charge >= 0.3 is 0 Å². The number of ether oxygens (including phenoxy) is 3. The molecule has 0 saturated carbocycles. The predicted molar refractivity (Wildman–Crippen MR) is 77.4 cm³/mol. The van der Waals surface area contributed by atoms with Crippen molar-refractivity contribution < 1.29 is 29.2 Å². The number of benzene rings is 1. The van der Waals surface area contributed by atoms with Gasteiger partial charge in [-0.2, -0.15) is 0 Å². The maximum Gasteiger partial charge on any atom is 0.200 e. The normalized spacial score (nSPS) is 29.7. The van der Waals surface area contributed by atoms with Crippen LogP contribution < -0.4 is 9.47 Å². The Morgan fingerprint density at radius 3 is 2.50 bits per heavy atom. The highest BCUT2D eigenvalue weighted by molar-refractivity contribution is 5.95. The van der Waals surface area contributed by atoms with E-state index in [1.807, 2.05) is 0 Å². The number of aromatic hydroxyl groups is 1. The molecule has 2 aliphatic heterocycles. The molecule has 6 nitrogen and oxygen atoms in total. The number of methoxy groups -OCH3 is 2. The van der Waals surface area contributed by atoms with Crippen molar-refractivity contribution in [3.63, 3.8) is 0 Å². The number of fused-ring (bicyclic) bond motifs is 2. The van der Waals surface area contributed by atoms with Gasteiger partial charge in [-0.1, -0.05) is 0 Å². The van der Waals surface area contributed by atoms with Crippen LogP contribution in [0, 0.1) is 0 Å². The number of aliphatic hydroxyl groups is 1. The topological polar surface area (TPSA) is 85.2 Å². The number of rotatable bonds is 4. The summed E-state index contributed by atoms with van der Waals surface area (Å²) in [4.78, 5) is 11.8. The zero-order valence-corrected chi connectivity index (χ0v) is 12.4. The molecule has 2 bridgehead atoms. The summed E-state index contributed by atoms with van der Waals surface area (Å²) in [7, 11) is 2.90. The zero-order chi connectivity index (χ0) is 15.9. The fourth-order valence-corrected chi connectivity index (χ4v) is 3.20. The lowest BCUT2D eigenvalue weighted by Gasteiger charge is -2.31. The number of aliphatic hydroxyl groups excluding tert-OH is 1. The van der Waals surface area contributed by atoms with E-state index in [2.05, 4.69) is 0 Å². The number of hydrogen-bond acceptors (Lipinski definition) is 6. The number of phenolic OH excluding ortho intramolecular Hbond substituents is 1. The lowest BCUT2D eigenvalue weighted by molar-refractivity contribution is -0.132. The van der Waals surface area contributed by atoms with Gasteiger partial charge in [0, 0.05) is 5.92 Å². The highest BCUT2D eigenvalue weighted by Crippen LogP contribution is 2.49. The zero-order valence-electron chi connectivity index (χ0n) is 12.4. The first-order chi connectivity index (χ1) is 10.5. The SMILES string of the molecule is COc1cc([C@H]2CC3O[C@]2(CO)C=CC3=O)cc(OC)c1O. The number of hydrogen-bond donors (Lipinski definition) is 2. The molecular weight excluding hydrogens is 288 g/mol. The molecule has 1 saturated heterocycles. The summed E-state index contributed by atoms with van der Waals surface area (Å²) >= 11 is 0. The Morgan fingerprint density at radius 2 is 1.95 bits per heavy atom. The summed E-state index contributed by atoms with van der Waals surface area (Å²) in [6.07, 6.45) is 3.01. The molecule has 2 aliphatic rings. The molecule has 2 heterocycles. The molecule has 22 heavy (non-hydrogen) atoms. The smallest absolute Gasteiger partial charge is 0.200 e. The predicted octanol–water partition coefficient (Wildman–Crippen LogP) is 1.15. The second kappa shape index (κ2) is 5.30. The molecule has 1 fully saturated rings. The van der Waals surface area contributed by atoms with Crippen molar-refractivity contribution in [2.75, 3.05) is 20.8 Å². The lowest BCUT2D eigenvalue weighted by atomic mass is 9.82. The van der Waals surface area contributed by atoms with Gasteiger partial charge < -0.3 is 24.4 Å². The Morgan fingerprint density at radius 1 is 1.32 bits per heavy atom. The first-order valence-corrected chi connectivity index (χ1v) is 7.01. The van der Waals surface area contributed by atoms with E-state index in [-0.39, 0.29) is 35.6 Å². The third-order valence-corrected chi connectivity index (χ3v) is 4.40. The second-order valence-electron chi connectivity index (χ2n) is 5.52. The van der Waals surface area contributed by atoms with E-state index in [1.54, 1.807) is 18.2 Å². The van der Waals surface area contributed by atoms with Crippen LogP contribution in [0.5, 0.6) is 17.2 Å². The molecule has 0 spiro atoms. The van der Waals surface area contributed by atoms with E-state index in [0.717, 1.165) is 5.56 Å². The van der Waals surface area contributed by atoms with Gasteiger partial charge in [-0.3, -0.25) is 4.79 Å². The van der Waals surface area contributed by atoms with Gasteiger partial charge in [-0.25, -0.2) is 0 Å². The van der Waals surface area contributed by atoms with E-state index in [0.29, 0.717) is 6.42 Å². The Bertz CT molecular complexity index is 613. The third kappa shape index (κ3) is 2.07. The van der Waals surface area contributed by atoms with E-state index < -0.39 is 11.7 Å². The number of phenols is 1. The van der Waals surface area contributed by atoms with Crippen LogP contribution in [-0.2, 0) is 9.53 Å². The number of carbonyl (C=O) groups is 1. The third-order valence-electron chi connectivity index (χ3n) is 4.40.